The van der Waals surface area contributed by atoms with Gasteiger partial charge in [-0.15, -0.1) is 0 Å². The molecule has 4 aromatic carbocycles. The lowest BCUT2D eigenvalue weighted by Gasteiger charge is -2.10. The highest BCUT2D eigenvalue weighted by Crippen LogP contribution is 2.32. The molecule has 0 bridgehead atoms. The predicted molar refractivity (Wildman–Crippen MR) is 110 cm³/mol. The lowest BCUT2D eigenvalue weighted by atomic mass is 10.3. The van der Waals surface area contributed by atoms with Crippen LogP contribution >= 0.6 is 11.8 Å². The van der Waals surface area contributed by atoms with E-state index in [-0.39, 0.29) is 0 Å². The summed E-state index contributed by atoms with van der Waals surface area (Å²) in [4.78, 5) is 2.34. The van der Waals surface area contributed by atoms with E-state index in [9.17, 15) is 0 Å². The molecule has 0 amide bonds. The van der Waals surface area contributed by atoms with Gasteiger partial charge in [0.05, 0.1) is 0 Å². The van der Waals surface area contributed by atoms with Gasteiger partial charge in [0.15, 0.2) is 0 Å². The van der Waals surface area contributed by atoms with Crippen LogP contribution in [0.2, 0.25) is 0 Å². The van der Waals surface area contributed by atoms with Crippen molar-refractivity contribution in [3.63, 3.8) is 0 Å². The second kappa shape index (κ2) is 8.47. The minimum atomic E-state index is 0.741. The highest BCUT2D eigenvalue weighted by Gasteiger charge is 2.03. The number of hydrogen-bond donors (Lipinski definition) is 0. The van der Waals surface area contributed by atoms with Crippen LogP contribution in [-0.4, -0.2) is 0 Å². The van der Waals surface area contributed by atoms with E-state index in [4.69, 9.17) is 9.47 Å². The molecule has 0 spiro atoms. The third kappa shape index (κ3) is 4.93. The maximum atomic E-state index is 6.04. The number of ether oxygens (including phenoxy) is 2. The van der Waals surface area contributed by atoms with Gasteiger partial charge in [0.25, 0.3) is 0 Å². The maximum Gasteiger partial charge on any atom is 0.131 e. The summed E-state index contributed by atoms with van der Waals surface area (Å²) in [6, 6.07) is 35.8. The molecular weight excluding hydrogens is 352 g/mol. The smallest absolute Gasteiger partial charge is 0.131 e. The van der Waals surface area contributed by atoms with E-state index in [1.54, 1.807) is 11.8 Å². The van der Waals surface area contributed by atoms with Gasteiger partial charge in [-0.25, -0.2) is 0 Å². The van der Waals surface area contributed by atoms with Crippen LogP contribution in [0.5, 0.6) is 23.0 Å². The van der Waals surface area contributed by atoms with Crippen molar-refractivity contribution < 1.29 is 9.47 Å². The van der Waals surface area contributed by atoms with Crippen LogP contribution in [0, 0.1) is 0 Å². The summed E-state index contributed by atoms with van der Waals surface area (Å²) in [7, 11) is 0. The zero-order valence-electron chi connectivity index (χ0n) is 14.6. The van der Waals surface area contributed by atoms with E-state index in [1.807, 2.05) is 91.0 Å². The fourth-order valence-electron chi connectivity index (χ4n) is 2.59. The minimum Gasteiger partial charge on any atom is -0.457 e. The first-order valence-electron chi connectivity index (χ1n) is 8.69. The molecule has 4 aromatic rings. The Morgan fingerprint density at radius 2 is 0.889 bits per heavy atom. The van der Waals surface area contributed by atoms with E-state index in [2.05, 4.69) is 18.2 Å². The zero-order chi connectivity index (χ0) is 18.3. The number of benzene rings is 4. The summed E-state index contributed by atoms with van der Waals surface area (Å²) in [6.45, 7) is 0. The molecule has 0 aliphatic rings. The fourth-order valence-corrected chi connectivity index (χ4v) is 3.47. The van der Waals surface area contributed by atoms with Crippen LogP contribution in [0.1, 0.15) is 0 Å². The zero-order valence-corrected chi connectivity index (χ0v) is 15.4. The van der Waals surface area contributed by atoms with Gasteiger partial charge in [0.2, 0.25) is 0 Å². The SMILES string of the molecule is c1ccc(Oc2cccc(Oc3cccc(Sc4ccccc4)c3)c2)cc1. The Bertz CT molecular complexity index is 918. The molecule has 2 nitrogen and oxygen atoms in total. The average molecular weight is 370 g/mol. The van der Waals surface area contributed by atoms with E-state index in [1.165, 1.54) is 4.90 Å². The normalized spacial score (nSPS) is 10.4. The van der Waals surface area contributed by atoms with Crippen LogP contribution in [0.15, 0.2) is 119 Å². The molecule has 0 saturated heterocycles. The average Bonchev–Trinajstić information content (AvgIpc) is 2.70. The quantitative estimate of drug-likeness (QED) is 0.352. The molecule has 0 aliphatic heterocycles. The minimum absolute atomic E-state index is 0.741. The Labute approximate surface area is 163 Å². The molecule has 0 radical (unpaired) electrons. The van der Waals surface area contributed by atoms with Crippen LogP contribution < -0.4 is 9.47 Å². The summed E-state index contributed by atoms with van der Waals surface area (Å²) in [5, 5.41) is 0. The van der Waals surface area contributed by atoms with Crippen molar-refractivity contribution in [3.05, 3.63) is 109 Å². The fraction of sp³-hybridized carbons (Fsp3) is 0. The molecule has 0 unspecified atom stereocenters. The second-order valence-electron chi connectivity index (χ2n) is 5.88. The van der Waals surface area contributed by atoms with Crippen molar-refractivity contribution >= 4 is 11.8 Å². The topological polar surface area (TPSA) is 18.5 Å². The predicted octanol–water partition coefficient (Wildman–Crippen LogP) is 7.42. The van der Waals surface area contributed by atoms with Crippen molar-refractivity contribution in [1.82, 2.24) is 0 Å². The maximum absolute atomic E-state index is 6.04. The van der Waals surface area contributed by atoms with Gasteiger partial charge < -0.3 is 9.47 Å². The summed E-state index contributed by atoms with van der Waals surface area (Å²) < 4.78 is 11.9. The van der Waals surface area contributed by atoms with Gasteiger partial charge in [-0.2, -0.15) is 0 Å². The first kappa shape index (κ1) is 17.3. The van der Waals surface area contributed by atoms with Crippen LogP contribution in [0.3, 0.4) is 0 Å². The Kier molecular flexibility index (Phi) is 5.42. The van der Waals surface area contributed by atoms with Crippen molar-refractivity contribution in [2.75, 3.05) is 0 Å². The third-order valence-corrected chi connectivity index (χ3v) is 4.80. The molecule has 0 N–H and O–H groups in total. The molecule has 0 heterocycles. The van der Waals surface area contributed by atoms with Crippen LogP contribution in [0.4, 0.5) is 0 Å². The van der Waals surface area contributed by atoms with E-state index < -0.39 is 0 Å². The van der Waals surface area contributed by atoms with Crippen LogP contribution in [-0.2, 0) is 0 Å². The molecule has 0 atom stereocenters. The highest BCUT2D eigenvalue weighted by molar-refractivity contribution is 7.99. The van der Waals surface area contributed by atoms with Gasteiger partial charge in [-0.05, 0) is 54.6 Å². The van der Waals surface area contributed by atoms with Crippen molar-refractivity contribution in [1.29, 1.82) is 0 Å². The molecule has 0 saturated carbocycles. The third-order valence-electron chi connectivity index (χ3n) is 3.80. The molecule has 27 heavy (non-hydrogen) atoms. The number of para-hydroxylation sites is 1. The van der Waals surface area contributed by atoms with E-state index in [0.717, 1.165) is 27.9 Å². The van der Waals surface area contributed by atoms with Gasteiger partial charge in [0.1, 0.15) is 23.0 Å². The number of hydrogen-bond acceptors (Lipinski definition) is 3. The Morgan fingerprint density at radius 1 is 0.407 bits per heavy atom. The summed E-state index contributed by atoms with van der Waals surface area (Å²) >= 11 is 1.71. The monoisotopic (exact) mass is 370 g/mol. The van der Waals surface area contributed by atoms with Gasteiger partial charge >= 0.3 is 0 Å². The van der Waals surface area contributed by atoms with Gasteiger partial charge in [-0.3, -0.25) is 0 Å². The van der Waals surface area contributed by atoms with Crippen molar-refractivity contribution in [2.45, 2.75) is 9.79 Å². The lowest BCUT2D eigenvalue weighted by molar-refractivity contribution is 0.460. The van der Waals surface area contributed by atoms with Gasteiger partial charge in [-0.1, -0.05) is 60.3 Å². The summed E-state index contributed by atoms with van der Waals surface area (Å²) in [6.07, 6.45) is 0. The molecule has 4 rings (SSSR count). The van der Waals surface area contributed by atoms with E-state index >= 15 is 0 Å². The van der Waals surface area contributed by atoms with Gasteiger partial charge in [0, 0.05) is 15.9 Å². The second-order valence-corrected chi connectivity index (χ2v) is 7.03. The highest BCUT2D eigenvalue weighted by atomic mass is 32.2. The molecule has 3 heteroatoms. The lowest BCUT2D eigenvalue weighted by Crippen LogP contribution is -1.87. The first-order chi connectivity index (χ1) is 13.3. The van der Waals surface area contributed by atoms with Crippen LogP contribution in [0.25, 0.3) is 0 Å². The Morgan fingerprint density at radius 3 is 1.59 bits per heavy atom. The van der Waals surface area contributed by atoms with E-state index in [0.29, 0.717) is 0 Å². The summed E-state index contributed by atoms with van der Waals surface area (Å²) in [5.74, 6) is 3.09. The first-order valence-corrected chi connectivity index (χ1v) is 9.51. The molecule has 0 aliphatic carbocycles. The standard InChI is InChI=1S/C24H18O2S/c1-3-9-19(10-4-1)25-20-11-7-12-21(17-20)26-22-13-8-16-24(18-22)27-23-14-5-2-6-15-23/h1-18H. The Balaban J connectivity index is 1.47. The molecule has 0 fully saturated rings. The summed E-state index contributed by atoms with van der Waals surface area (Å²) in [5.41, 5.74) is 0. The van der Waals surface area contributed by atoms with Crippen molar-refractivity contribution in [3.8, 4) is 23.0 Å². The molecular formula is C24H18O2S. The Hall–Kier alpha value is -3.17. The number of rotatable bonds is 6. The molecule has 0 aromatic heterocycles. The van der Waals surface area contributed by atoms with Crippen molar-refractivity contribution in [2.24, 2.45) is 0 Å². The largest absolute Gasteiger partial charge is 0.457 e. The molecule has 132 valence electrons.